The van der Waals surface area contributed by atoms with E-state index in [1.54, 1.807) is 43.3 Å². The van der Waals surface area contributed by atoms with Crippen LogP contribution in [0.15, 0.2) is 52.3 Å². The summed E-state index contributed by atoms with van der Waals surface area (Å²) < 4.78 is 38.9. The largest absolute Gasteiger partial charge is 0.416 e. The van der Waals surface area contributed by atoms with Crippen LogP contribution >= 0.6 is 23.4 Å². The summed E-state index contributed by atoms with van der Waals surface area (Å²) in [4.78, 5) is 1.42. The van der Waals surface area contributed by atoms with Crippen LogP contribution in [0.3, 0.4) is 0 Å². The Balaban J connectivity index is 2.31. The normalized spacial score (nSPS) is 11.7. The summed E-state index contributed by atoms with van der Waals surface area (Å²) in [6.45, 7) is 1.72. The fraction of sp³-hybridized carbons (Fsp3) is 0.200. The Labute approximate surface area is 125 Å². The predicted molar refractivity (Wildman–Crippen MR) is 76.4 cm³/mol. The topological polar surface area (TPSA) is 0 Å². The molecule has 0 atom stereocenters. The van der Waals surface area contributed by atoms with Crippen LogP contribution in [0, 0.1) is 0 Å². The molecular formula is C15H12ClF3S. The second-order valence-corrected chi connectivity index (χ2v) is 5.81. The molecule has 0 aliphatic heterocycles. The average Bonchev–Trinajstić information content (AvgIpc) is 2.40. The highest BCUT2D eigenvalue weighted by atomic mass is 35.5. The highest BCUT2D eigenvalue weighted by Crippen LogP contribution is 2.37. The van der Waals surface area contributed by atoms with E-state index in [0.717, 1.165) is 4.90 Å². The van der Waals surface area contributed by atoms with E-state index in [9.17, 15) is 13.2 Å². The standard InChI is InChI=1S/C15H12ClF3S/c1-2-10-3-6-13(9-14(10)15(17,18)19)20-12-7-4-11(16)5-8-12/h3-9H,2H2,1H3. The Morgan fingerprint density at radius 3 is 2.15 bits per heavy atom. The van der Waals surface area contributed by atoms with Gasteiger partial charge in [-0.2, -0.15) is 13.2 Å². The highest BCUT2D eigenvalue weighted by Gasteiger charge is 2.33. The summed E-state index contributed by atoms with van der Waals surface area (Å²) in [5, 5.41) is 0.603. The lowest BCUT2D eigenvalue weighted by Gasteiger charge is -2.13. The predicted octanol–water partition coefficient (Wildman–Crippen LogP) is 6.07. The van der Waals surface area contributed by atoms with Crippen LogP contribution in [0.25, 0.3) is 0 Å². The van der Waals surface area contributed by atoms with Gasteiger partial charge >= 0.3 is 6.18 Å². The van der Waals surface area contributed by atoms with Crippen molar-refractivity contribution in [1.82, 2.24) is 0 Å². The maximum absolute atomic E-state index is 13.0. The molecule has 20 heavy (non-hydrogen) atoms. The van der Waals surface area contributed by atoms with Crippen molar-refractivity contribution in [2.75, 3.05) is 0 Å². The molecule has 0 spiro atoms. The zero-order valence-electron chi connectivity index (χ0n) is 10.7. The van der Waals surface area contributed by atoms with Gasteiger partial charge in [-0.1, -0.05) is 36.4 Å². The Kier molecular flexibility index (Phi) is 4.66. The maximum Gasteiger partial charge on any atom is 0.416 e. The van der Waals surface area contributed by atoms with E-state index in [4.69, 9.17) is 11.6 Å². The SMILES string of the molecule is CCc1ccc(Sc2ccc(Cl)cc2)cc1C(F)(F)F. The van der Waals surface area contributed by atoms with Crippen LogP contribution in [0.5, 0.6) is 0 Å². The van der Waals surface area contributed by atoms with Gasteiger partial charge < -0.3 is 0 Å². The van der Waals surface area contributed by atoms with Crippen molar-refractivity contribution in [3.63, 3.8) is 0 Å². The van der Waals surface area contributed by atoms with E-state index in [2.05, 4.69) is 0 Å². The van der Waals surface area contributed by atoms with E-state index in [1.165, 1.54) is 17.8 Å². The van der Waals surface area contributed by atoms with Crippen molar-refractivity contribution in [2.45, 2.75) is 29.3 Å². The number of alkyl halides is 3. The van der Waals surface area contributed by atoms with Gasteiger partial charge in [0.05, 0.1) is 5.56 Å². The molecule has 5 heteroatoms. The lowest BCUT2D eigenvalue weighted by Crippen LogP contribution is -2.08. The van der Waals surface area contributed by atoms with Gasteiger partial charge in [0.2, 0.25) is 0 Å². The van der Waals surface area contributed by atoms with Crippen molar-refractivity contribution in [3.8, 4) is 0 Å². The van der Waals surface area contributed by atoms with Gasteiger partial charge in [0.15, 0.2) is 0 Å². The Morgan fingerprint density at radius 1 is 1.00 bits per heavy atom. The van der Waals surface area contributed by atoms with Crippen molar-refractivity contribution < 1.29 is 13.2 Å². The third-order valence-corrected chi connectivity index (χ3v) is 4.07. The molecule has 0 N–H and O–H groups in total. The Bertz CT molecular complexity index is 591. The van der Waals surface area contributed by atoms with Gasteiger partial charge in [0, 0.05) is 14.8 Å². The minimum atomic E-state index is -4.32. The molecule has 0 saturated heterocycles. The second-order valence-electron chi connectivity index (χ2n) is 4.23. The molecular weight excluding hydrogens is 305 g/mol. The molecule has 0 aromatic heterocycles. The molecule has 106 valence electrons. The first-order valence-corrected chi connectivity index (χ1v) is 7.23. The fourth-order valence-electron chi connectivity index (χ4n) is 1.83. The van der Waals surface area contributed by atoms with Gasteiger partial charge in [-0.15, -0.1) is 0 Å². The van der Waals surface area contributed by atoms with E-state index < -0.39 is 11.7 Å². The highest BCUT2D eigenvalue weighted by molar-refractivity contribution is 7.99. The first-order valence-electron chi connectivity index (χ1n) is 6.03. The summed E-state index contributed by atoms with van der Waals surface area (Å²) in [6, 6.07) is 11.5. The average molecular weight is 317 g/mol. The number of rotatable bonds is 3. The second kappa shape index (κ2) is 6.10. The van der Waals surface area contributed by atoms with Crippen molar-refractivity contribution in [1.29, 1.82) is 0 Å². The van der Waals surface area contributed by atoms with Crippen LogP contribution in [0.4, 0.5) is 13.2 Å². The van der Waals surface area contributed by atoms with Gasteiger partial charge in [-0.25, -0.2) is 0 Å². The van der Waals surface area contributed by atoms with E-state index in [0.29, 0.717) is 21.9 Å². The van der Waals surface area contributed by atoms with Crippen LogP contribution in [-0.2, 0) is 12.6 Å². The van der Waals surface area contributed by atoms with Crippen molar-refractivity contribution in [2.24, 2.45) is 0 Å². The van der Waals surface area contributed by atoms with Crippen LogP contribution in [-0.4, -0.2) is 0 Å². The van der Waals surface area contributed by atoms with Crippen LogP contribution in [0.1, 0.15) is 18.1 Å². The summed E-state index contributed by atoms with van der Waals surface area (Å²) in [7, 11) is 0. The number of aryl methyl sites for hydroxylation is 1. The summed E-state index contributed by atoms with van der Waals surface area (Å²) in [6.07, 6.45) is -3.96. The van der Waals surface area contributed by atoms with Gasteiger partial charge in [-0.05, 0) is 48.4 Å². The summed E-state index contributed by atoms with van der Waals surface area (Å²) in [5.41, 5.74) is -0.239. The van der Waals surface area contributed by atoms with Crippen LogP contribution < -0.4 is 0 Å². The number of halogens is 4. The zero-order chi connectivity index (χ0) is 14.8. The zero-order valence-corrected chi connectivity index (χ0v) is 12.2. The molecule has 0 radical (unpaired) electrons. The summed E-state index contributed by atoms with van der Waals surface area (Å²) >= 11 is 7.07. The number of hydrogen-bond acceptors (Lipinski definition) is 1. The molecule has 0 nitrogen and oxygen atoms in total. The quantitative estimate of drug-likeness (QED) is 0.662. The molecule has 0 amide bonds. The molecule has 0 heterocycles. The first kappa shape index (κ1) is 15.3. The first-order chi connectivity index (χ1) is 9.40. The summed E-state index contributed by atoms with van der Waals surface area (Å²) in [5.74, 6) is 0. The minimum absolute atomic E-state index is 0.318. The Hall–Kier alpha value is -1.13. The molecule has 2 aromatic carbocycles. The third-order valence-electron chi connectivity index (χ3n) is 2.82. The molecule has 0 fully saturated rings. The molecule has 2 rings (SSSR count). The van der Waals surface area contributed by atoms with Gasteiger partial charge in [0.25, 0.3) is 0 Å². The number of benzene rings is 2. The Morgan fingerprint density at radius 2 is 1.60 bits per heavy atom. The monoisotopic (exact) mass is 316 g/mol. The lowest BCUT2D eigenvalue weighted by molar-refractivity contribution is -0.138. The molecule has 2 aromatic rings. The van der Waals surface area contributed by atoms with E-state index in [-0.39, 0.29) is 0 Å². The smallest absolute Gasteiger partial charge is 0.166 e. The molecule has 0 unspecified atom stereocenters. The van der Waals surface area contributed by atoms with Gasteiger partial charge in [0.1, 0.15) is 0 Å². The van der Waals surface area contributed by atoms with Gasteiger partial charge in [-0.3, -0.25) is 0 Å². The minimum Gasteiger partial charge on any atom is -0.166 e. The number of hydrogen-bond donors (Lipinski definition) is 0. The molecule has 0 aliphatic carbocycles. The lowest BCUT2D eigenvalue weighted by atomic mass is 10.1. The third kappa shape index (κ3) is 3.70. The molecule has 0 saturated carbocycles. The van der Waals surface area contributed by atoms with Crippen molar-refractivity contribution in [3.05, 3.63) is 58.6 Å². The van der Waals surface area contributed by atoms with Crippen LogP contribution in [0.2, 0.25) is 5.02 Å². The molecule has 0 bridgehead atoms. The fourth-order valence-corrected chi connectivity index (χ4v) is 2.81. The molecule has 0 aliphatic rings. The van der Waals surface area contributed by atoms with E-state index in [1.807, 2.05) is 0 Å². The maximum atomic E-state index is 13.0. The van der Waals surface area contributed by atoms with E-state index >= 15 is 0 Å². The van der Waals surface area contributed by atoms with Crippen molar-refractivity contribution >= 4 is 23.4 Å².